The fraction of sp³-hybridized carbons (Fsp3) is 0.833. The van der Waals surface area contributed by atoms with Crippen molar-refractivity contribution in [2.75, 3.05) is 32.8 Å². The molecule has 13 heavy (non-hydrogen) atoms. The van der Waals surface area contributed by atoms with Crippen LogP contribution < -0.4 is 5.32 Å². The highest BCUT2D eigenvalue weighted by molar-refractivity contribution is 7.39. The van der Waals surface area contributed by atoms with Gasteiger partial charge in [0.25, 0.3) is 0 Å². The Morgan fingerprint density at radius 1 is 1.46 bits per heavy atom. The predicted molar refractivity (Wildman–Crippen MR) is 46.8 cm³/mol. The minimum atomic E-state index is -2.42. The summed E-state index contributed by atoms with van der Waals surface area (Å²) in [5.41, 5.74) is 0. The lowest BCUT2D eigenvalue weighted by Crippen LogP contribution is -2.47. The molecule has 0 bridgehead atoms. The lowest BCUT2D eigenvalue weighted by Gasteiger charge is -2.27. The van der Waals surface area contributed by atoms with Crippen LogP contribution in [0.1, 0.15) is 0 Å². The van der Waals surface area contributed by atoms with Crippen LogP contribution in [-0.4, -0.2) is 53.4 Å². The van der Waals surface area contributed by atoms with E-state index in [-0.39, 0.29) is 12.5 Å². The van der Waals surface area contributed by atoms with Gasteiger partial charge in [0, 0.05) is 26.2 Å². The monoisotopic (exact) mass is 208 g/mol. The molecule has 3 N–H and O–H groups in total. The minimum absolute atomic E-state index is 0.197. The van der Waals surface area contributed by atoms with Crippen LogP contribution >= 0.6 is 8.60 Å². The van der Waals surface area contributed by atoms with E-state index in [9.17, 15) is 4.79 Å². The molecular formula is C6H13N2O4P. The number of amides is 1. The summed E-state index contributed by atoms with van der Waals surface area (Å²) in [6, 6.07) is 0. The average Bonchev–Trinajstić information content (AvgIpc) is 2.15. The van der Waals surface area contributed by atoms with Crippen LogP contribution in [0.5, 0.6) is 0 Å². The van der Waals surface area contributed by atoms with Gasteiger partial charge >= 0.3 is 8.60 Å². The number of carbonyl (C=O) groups is 1. The Bertz CT molecular complexity index is 172. The molecule has 1 saturated heterocycles. The maximum atomic E-state index is 11.3. The van der Waals surface area contributed by atoms with Gasteiger partial charge in [0.05, 0.1) is 0 Å². The number of hydrogen-bond donors (Lipinski definition) is 3. The molecule has 0 aromatic heterocycles. The van der Waals surface area contributed by atoms with Crippen molar-refractivity contribution in [2.45, 2.75) is 0 Å². The topological polar surface area (TPSA) is 82.0 Å². The van der Waals surface area contributed by atoms with E-state index in [2.05, 4.69) is 9.84 Å². The Hall–Kier alpha value is -0.260. The van der Waals surface area contributed by atoms with Crippen LogP contribution in [0.2, 0.25) is 0 Å². The Kier molecular flexibility index (Phi) is 4.55. The van der Waals surface area contributed by atoms with Gasteiger partial charge in [0.15, 0.2) is 0 Å². The first kappa shape index (κ1) is 10.8. The van der Waals surface area contributed by atoms with E-state index in [0.717, 1.165) is 13.1 Å². The summed E-state index contributed by atoms with van der Waals surface area (Å²) in [5, 5.41) is 3.11. The second kappa shape index (κ2) is 5.47. The highest BCUT2D eigenvalue weighted by Gasteiger charge is 2.16. The van der Waals surface area contributed by atoms with Crippen LogP contribution in [0.15, 0.2) is 0 Å². The van der Waals surface area contributed by atoms with Gasteiger partial charge in [-0.25, -0.2) is 0 Å². The van der Waals surface area contributed by atoms with E-state index < -0.39 is 8.60 Å². The molecule has 0 radical (unpaired) electrons. The molecular weight excluding hydrogens is 195 g/mol. The number of hydrogen-bond acceptors (Lipinski definition) is 5. The summed E-state index contributed by atoms with van der Waals surface area (Å²) in [4.78, 5) is 29.7. The normalized spacial score (nSPS) is 17.9. The number of nitrogens with one attached hydrogen (secondary N) is 1. The zero-order valence-corrected chi connectivity index (χ0v) is 8.04. The molecule has 76 valence electrons. The van der Waals surface area contributed by atoms with Crippen molar-refractivity contribution in [1.29, 1.82) is 0 Å². The third kappa shape index (κ3) is 3.97. The first-order valence-corrected chi connectivity index (χ1v) is 5.16. The van der Waals surface area contributed by atoms with Gasteiger partial charge < -0.3 is 24.5 Å². The molecule has 1 rings (SSSR count). The number of nitrogens with zero attached hydrogens (tertiary/aromatic N) is 1. The molecule has 1 heterocycles. The second-order valence-electron chi connectivity index (χ2n) is 2.66. The molecule has 1 amide bonds. The van der Waals surface area contributed by atoms with Crippen LogP contribution in [0.3, 0.4) is 0 Å². The maximum absolute atomic E-state index is 11.3. The quantitative estimate of drug-likeness (QED) is 0.499. The van der Waals surface area contributed by atoms with Gasteiger partial charge in [0.1, 0.15) is 6.61 Å². The van der Waals surface area contributed by atoms with Crippen LogP contribution in [0, 0.1) is 0 Å². The van der Waals surface area contributed by atoms with Gasteiger partial charge in [-0.15, -0.1) is 0 Å². The van der Waals surface area contributed by atoms with Crippen molar-refractivity contribution in [2.24, 2.45) is 0 Å². The SMILES string of the molecule is O=C(COP(O)O)N1CCNCC1. The van der Waals surface area contributed by atoms with Gasteiger partial charge in [-0.1, -0.05) is 0 Å². The molecule has 0 unspecified atom stereocenters. The molecule has 0 spiro atoms. The van der Waals surface area contributed by atoms with E-state index in [1.807, 2.05) is 0 Å². The van der Waals surface area contributed by atoms with Gasteiger partial charge in [-0.3, -0.25) is 4.79 Å². The van der Waals surface area contributed by atoms with E-state index in [4.69, 9.17) is 9.79 Å². The van der Waals surface area contributed by atoms with E-state index >= 15 is 0 Å². The van der Waals surface area contributed by atoms with Crippen LogP contribution in [0.4, 0.5) is 0 Å². The molecule has 7 heteroatoms. The number of piperazine rings is 1. The Morgan fingerprint density at radius 2 is 2.08 bits per heavy atom. The van der Waals surface area contributed by atoms with E-state index in [1.165, 1.54) is 0 Å². The third-order valence-corrected chi connectivity index (χ3v) is 2.13. The second-order valence-corrected chi connectivity index (χ2v) is 3.42. The molecule has 0 aliphatic carbocycles. The Labute approximate surface area is 77.5 Å². The summed E-state index contributed by atoms with van der Waals surface area (Å²) in [7, 11) is -2.42. The van der Waals surface area contributed by atoms with Crippen molar-refractivity contribution < 1.29 is 19.1 Å². The van der Waals surface area contributed by atoms with E-state index in [0.29, 0.717) is 13.1 Å². The van der Waals surface area contributed by atoms with Crippen LogP contribution in [0.25, 0.3) is 0 Å². The minimum Gasteiger partial charge on any atom is -0.338 e. The summed E-state index contributed by atoms with van der Waals surface area (Å²) >= 11 is 0. The molecule has 1 aliphatic heterocycles. The molecule has 0 saturated carbocycles. The summed E-state index contributed by atoms with van der Waals surface area (Å²) in [6.45, 7) is 2.60. The lowest BCUT2D eigenvalue weighted by atomic mass is 10.3. The first-order valence-electron chi connectivity index (χ1n) is 3.99. The molecule has 0 aromatic rings. The standard InChI is InChI=1S/C6H13N2O4P/c9-6(5-12-13(10)11)8-3-1-7-2-4-8/h7,10-11H,1-5H2. The van der Waals surface area contributed by atoms with Crippen LogP contribution in [-0.2, 0) is 9.32 Å². The lowest BCUT2D eigenvalue weighted by molar-refractivity contribution is -0.134. The van der Waals surface area contributed by atoms with Crippen molar-refractivity contribution in [3.8, 4) is 0 Å². The molecule has 0 atom stereocenters. The van der Waals surface area contributed by atoms with E-state index in [1.54, 1.807) is 4.90 Å². The Morgan fingerprint density at radius 3 is 2.62 bits per heavy atom. The third-order valence-electron chi connectivity index (χ3n) is 1.77. The number of carbonyl (C=O) groups excluding carboxylic acids is 1. The molecule has 6 nitrogen and oxygen atoms in total. The average molecular weight is 208 g/mol. The van der Waals surface area contributed by atoms with Gasteiger partial charge in [0.2, 0.25) is 5.91 Å². The van der Waals surface area contributed by atoms with Gasteiger partial charge in [-0.05, 0) is 0 Å². The maximum Gasteiger partial charge on any atom is 0.327 e. The van der Waals surface area contributed by atoms with Gasteiger partial charge in [-0.2, -0.15) is 0 Å². The van der Waals surface area contributed by atoms with Crippen molar-refractivity contribution in [1.82, 2.24) is 10.2 Å². The summed E-state index contributed by atoms with van der Waals surface area (Å²) < 4.78 is 4.42. The number of rotatable bonds is 3. The fourth-order valence-electron chi connectivity index (χ4n) is 1.12. The first-order chi connectivity index (χ1) is 6.20. The van der Waals surface area contributed by atoms with Crippen molar-refractivity contribution in [3.63, 3.8) is 0 Å². The zero-order valence-electron chi connectivity index (χ0n) is 7.14. The highest BCUT2D eigenvalue weighted by Crippen LogP contribution is 2.23. The largest absolute Gasteiger partial charge is 0.338 e. The predicted octanol–water partition coefficient (Wildman–Crippen LogP) is -1.35. The van der Waals surface area contributed by atoms with Crippen molar-refractivity contribution >= 4 is 14.5 Å². The molecule has 1 fully saturated rings. The zero-order chi connectivity index (χ0) is 9.68. The smallest absolute Gasteiger partial charge is 0.327 e. The Balaban J connectivity index is 2.21. The van der Waals surface area contributed by atoms with Crippen molar-refractivity contribution in [3.05, 3.63) is 0 Å². The summed E-state index contributed by atoms with van der Waals surface area (Å²) in [6.07, 6.45) is 0. The highest BCUT2D eigenvalue weighted by atomic mass is 31.2. The summed E-state index contributed by atoms with van der Waals surface area (Å²) in [5.74, 6) is -0.197. The molecule has 1 aliphatic rings. The fourth-order valence-corrected chi connectivity index (χ4v) is 1.34. The molecule has 0 aromatic carbocycles.